The molecular formula is C28H34FN3O6S. The third kappa shape index (κ3) is 6.47. The number of hydrogen-bond acceptors (Lipinski definition) is 5. The summed E-state index contributed by atoms with van der Waals surface area (Å²) in [6.07, 6.45) is 2.85. The third-order valence-corrected chi connectivity index (χ3v) is 8.57. The topological polar surface area (TPSA) is 133 Å². The summed E-state index contributed by atoms with van der Waals surface area (Å²) in [7, 11) is -4.37. The number of nitrogens with one attached hydrogen (secondary N) is 2. The Morgan fingerprint density at radius 2 is 1.85 bits per heavy atom. The van der Waals surface area contributed by atoms with Crippen LogP contribution in [0.5, 0.6) is 0 Å². The predicted octanol–water partition coefficient (Wildman–Crippen LogP) is 2.94. The summed E-state index contributed by atoms with van der Waals surface area (Å²) in [5.41, 5.74) is 1.94. The summed E-state index contributed by atoms with van der Waals surface area (Å²) in [4.78, 5) is 41.1. The van der Waals surface area contributed by atoms with Crippen LogP contribution in [0.1, 0.15) is 62.3 Å². The third-order valence-electron chi connectivity index (χ3n) is 7.70. The average molecular weight is 560 g/mol. The molecule has 9 nitrogen and oxygen atoms in total. The minimum absolute atomic E-state index is 0.0763. The van der Waals surface area contributed by atoms with Crippen LogP contribution in [0.15, 0.2) is 47.4 Å². The maximum atomic E-state index is 14.2. The molecule has 2 aromatic carbocycles. The molecule has 3 amide bonds. The second-order valence-corrected chi connectivity index (χ2v) is 11.7. The number of carbonyl (C=O) groups excluding carboxylic acids is 3. The van der Waals surface area contributed by atoms with E-state index >= 15 is 0 Å². The lowest BCUT2D eigenvalue weighted by molar-refractivity contribution is -0.142. The molecule has 11 heteroatoms. The van der Waals surface area contributed by atoms with Crippen LogP contribution >= 0.6 is 0 Å². The van der Waals surface area contributed by atoms with Crippen LogP contribution in [0, 0.1) is 11.7 Å². The predicted molar refractivity (Wildman–Crippen MR) is 142 cm³/mol. The highest BCUT2D eigenvalue weighted by Gasteiger charge is 2.39. The number of carbonyl (C=O) groups is 3. The number of rotatable bonds is 9. The van der Waals surface area contributed by atoms with Crippen LogP contribution < -0.4 is 10.6 Å². The van der Waals surface area contributed by atoms with Crippen molar-refractivity contribution in [3.8, 4) is 0 Å². The van der Waals surface area contributed by atoms with Gasteiger partial charge in [0.25, 0.3) is 10.1 Å². The molecule has 4 rings (SSSR count). The van der Waals surface area contributed by atoms with Gasteiger partial charge in [0.15, 0.2) is 0 Å². The van der Waals surface area contributed by atoms with Crippen molar-refractivity contribution in [3.05, 3.63) is 65.0 Å². The molecule has 0 aromatic heterocycles. The van der Waals surface area contributed by atoms with E-state index in [2.05, 4.69) is 10.6 Å². The Kier molecular flexibility index (Phi) is 8.70. The molecular weight excluding hydrogens is 525 g/mol. The van der Waals surface area contributed by atoms with Gasteiger partial charge in [-0.2, -0.15) is 8.42 Å². The van der Waals surface area contributed by atoms with Crippen molar-refractivity contribution in [2.45, 2.75) is 75.4 Å². The Labute approximate surface area is 227 Å². The molecule has 1 heterocycles. The fourth-order valence-electron chi connectivity index (χ4n) is 5.26. The Morgan fingerprint density at radius 3 is 2.51 bits per heavy atom. The fourth-order valence-corrected chi connectivity index (χ4v) is 5.74. The van der Waals surface area contributed by atoms with Crippen LogP contribution in [-0.4, -0.2) is 54.2 Å². The van der Waals surface area contributed by atoms with Gasteiger partial charge < -0.3 is 15.5 Å². The lowest BCUT2D eigenvalue weighted by Crippen LogP contribution is -2.55. The Morgan fingerprint density at radius 1 is 1.13 bits per heavy atom. The first kappa shape index (κ1) is 28.7. The maximum absolute atomic E-state index is 14.2. The van der Waals surface area contributed by atoms with Gasteiger partial charge in [0.2, 0.25) is 17.7 Å². The molecule has 1 aliphatic carbocycles. The Hall–Kier alpha value is -3.31. The van der Waals surface area contributed by atoms with Gasteiger partial charge in [-0.05, 0) is 67.0 Å². The smallest absolute Gasteiger partial charge is 0.294 e. The van der Waals surface area contributed by atoms with Gasteiger partial charge in [-0.1, -0.05) is 38.1 Å². The number of benzene rings is 2. The van der Waals surface area contributed by atoms with E-state index < -0.39 is 28.1 Å². The van der Waals surface area contributed by atoms with E-state index in [-0.39, 0.29) is 40.9 Å². The highest BCUT2D eigenvalue weighted by Crippen LogP contribution is 2.33. The van der Waals surface area contributed by atoms with Gasteiger partial charge in [-0.15, -0.1) is 0 Å². The zero-order valence-electron chi connectivity index (χ0n) is 22.0. The van der Waals surface area contributed by atoms with Crippen molar-refractivity contribution < 1.29 is 31.7 Å². The summed E-state index contributed by atoms with van der Waals surface area (Å²) in [6, 6.07) is 8.23. The number of likely N-dealkylation sites (tertiary alicyclic amines) is 1. The first-order valence-corrected chi connectivity index (χ1v) is 14.7. The zero-order chi connectivity index (χ0) is 28.3. The quantitative estimate of drug-likeness (QED) is 0.405. The molecule has 2 aliphatic rings. The standard InChI is InChI=1S/C28H34FN3O6S/c1-3-17(2)26(33)31-24(16-18-9-11-19(12-10-18)39(36,37)38)28(35)32-15-5-8-25(32)27(34)30-23-14-13-20-21(23)6-4-7-22(20)29/h4,6-7,9-12,17,23-25H,3,5,8,13-16H2,1-2H3,(H,30,34)(H,31,33)(H,36,37,38)/t17-,23?,24+,25+/m1/s1. The largest absolute Gasteiger partial charge is 0.347 e. The molecule has 39 heavy (non-hydrogen) atoms. The molecule has 210 valence electrons. The zero-order valence-corrected chi connectivity index (χ0v) is 22.8. The average Bonchev–Trinajstić information content (AvgIpc) is 3.55. The highest BCUT2D eigenvalue weighted by atomic mass is 32.2. The van der Waals surface area contributed by atoms with Crippen molar-refractivity contribution in [1.29, 1.82) is 0 Å². The SMILES string of the molecule is CC[C@@H](C)C(=O)N[C@@H](Cc1ccc(S(=O)(=O)O)cc1)C(=O)N1CCC[C@H]1C(=O)NC1CCc2c(F)cccc21. The van der Waals surface area contributed by atoms with Gasteiger partial charge >= 0.3 is 0 Å². The Bertz CT molecular complexity index is 1350. The van der Waals surface area contributed by atoms with E-state index in [9.17, 15) is 31.7 Å². The van der Waals surface area contributed by atoms with Crippen molar-refractivity contribution in [3.63, 3.8) is 0 Å². The summed E-state index contributed by atoms with van der Waals surface area (Å²) in [5.74, 6) is -1.63. The van der Waals surface area contributed by atoms with E-state index in [4.69, 9.17) is 0 Å². The van der Waals surface area contributed by atoms with Crippen molar-refractivity contribution >= 4 is 27.8 Å². The van der Waals surface area contributed by atoms with E-state index in [1.165, 1.54) is 35.2 Å². The number of nitrogens with zero attached hydrogens (tertiary/aromatic N) is 1. The lowest BCUT2D eigenvalue weighted by atomic mass is 10.0. The molecule has 0 bridgehead atoms. The second-order valence-electron chi connectivity index (χ2n) is 10.3. The maximum Gasteiger partial charge on any atom is 0.294 e. The van der Waals surface area contributed by atoms with Crippen LogP contribution in [0.25, 0.3) is 0 Å². The monoisotopic (exact) mass is 559 g/mol. The van der Waals surface area contributed by atoms with E-state index in [1.807, 2.05) is 13.0 Å². The van der Waals surface area contributed by atoms with Crippen molar-refractivity contribution in [2.75, 3.05) is 6.54 Å². The van der Waals surface area contributed by atoms with Crippen LogP contribution in [0.2, 0.25) is 0 Å². The summed E-state index contributed by atoms with van der Waals surface area (Å²) in [6.45, 7) is 3.97. The number of fused-ring (bicyclic) bond motifs is 1. The molecule has 1 fully saturated rings. The highest BCUT2D eigenvalue weighted by molar-refractivity contribution is 7.85. The van der Waals surface area contributed by atoms with Gasteiger partial charge in [0, 0.05) is 18.9 Å². The molecule has 1 saturated heterocycles. The molecule has 1 unspecified atom stereocenters. The molecule has 2 aromatic rings. The molecule has 1 aliphatic heterocycles. The molecule has 3 N–H and O–H groups in total. The summed E-state index contributed by atoms with van der Waals surface area (Å²) >= 11 is 0. The normalized spacial score (nSPS) is 20.3. The minimum Gasteiger partial charge on any atom is -0.347 e. The molecule has 0 saturated carbocycles. The van der Waals surface area contributed by atoms with E-state index in [0.717, 1.165) is 5.56 Å². The van der Waals surface area contributed by atoms with Gasteiger partial charge in [-0.3, -0.25) is 18.9 Å². The van der Waals surface area contributed by atoms with Gasteiger partial charge in [0.05, 0.1) is 10.9 Å². The van der Waals surface area contributed by atoms with Crippen molar-refractivity contribution in [1.82, 2.24) is 15.5 Å². The molecule has 4 atom stereocenters. The van der Waals surface area contributed by atoms with E-state index in [1.54, 1.807) is 13.0 Å². The first-order chi connectivity index (χ1) is 18.5. The summed E-state index contributed by atoms with van der Waals surface area (Å²) in [5, 5.41) is 5.82. The first-order valence-electron chi connectivity index (χ1n) is 13.2. The number of hydrogen-bond donors (Lipinski definition) is 3. The van der Waals surface area contributed by atoms with Crippen LogP contribution in [0.3, 0.4) is 0 Å². The van der Waals surface area contributed by atoms with Crippen molar-refractivity contribution in [2.24, 2.45) is 5.92 Å². The van der Waals surface area contributed by atoms with E-state index in [0.29, 0.717) is 49.8 Å². The minimum atomic E-state index is -4.37. The molecule has 0 radical (unpaired) electrons. The Balaban J connectivity index is 1.51. The van der Waals surface area contributed by atoms with Gasteiger partial charge in [0.1, 0.15) is 17.9 Å². The lowest BCUT2D eigenvalue weighted by Gasteiger charge is -2.30. The number of amides is 3. The van der Waals surface area contributed by atoms with Crippen LogP contribution in [0.4, 0.5) is 4.39 Å². The van der Waals surface area contributed by atoms with Crippen LogP contribution in [-0.2, 0) is 37.3 Å². The summed E-state index contributed by atoms with van der Waals surface area (Å²) < 4.78 is 46.2. The second kappa shape index (κ2) is 11.8. The molecule has 0 spiro atoms. The van der Waals surface area contributed by atoms with Gasteiger partial charge in [-0.25, -0.2) is 4.39 Å². The number of halogens is 1. The fraction of sp³-hybridized carbons (Fsp3) is 0.464.